The van der Waals surface area contributed by atoms with E-state index < -0.39 is 5.82 Å². The summed E-state index contributed by atoms with van der Waals surface area (Å²) in [5.41, 5.74) is 0.309. The molecule has 0 saturated heterocycles. The van der Waals surface area contributed by atoms with E-state index >= 15 is 0 Å². The van der Waals surface area contributed by atoms with Crippen molar-refractivity contribution in [3.63, 3.8) is 0 Å². The first-order valence-electron chi connectivity index (χ1n) is 6.22. The molecule has 0 radical (unpaired) electrons. The number of likely N-dealkylation sites (N-methyl/N-ethyl adjacent to an activating group) is 1. The van der Waals surface area contributed by atoms with Crippen molar-refractivity contribution in [2.24, 2.45) is 0 Å². The van der Waals surface area contributed by atoms with Crippen molar-refractivity contribution in [2.75, 3.05) is 20.2 Å². The van der Waals surface area contributed by atoms with Gasteiger partial charge in [0, 0.05) is 12.6 Å². The molecule has 2 rings (SSSR count). The fourth-order valence-corrected chi connectivity index (χ4v) is 1.92. The number of ether oxygens (including phenoxy) is 1. The molecule has 0 spiro atoms. The van der Waals surface area contributed by atoms with Gasteiger partial charge in [-0.3, -0.25) is 4.79 Å². The molecule has 1 aromatic carbocycles. The fraction of sp³-hybridized carbons (Fsp3) is 0.500. The number of benzene rings is 1. The lowest BCUT2D eigenvalue weighted by Crippen LogP contribution is -2.26. The van der Waals surface area contributed by atoms with Gasteiger partial charge in [-0.2, -0.15) is 0 Å². The molecule has 1 aliphatic rings. The van der Waals surface area contributed by atoms with Gasteiger partial charge >= 0.3 is 0 Å². The van der Waals surface area contributed by atoms with Crippen molar-refractivity contribution in [1.82, 2.24) is 4.90 Å². The van der Waals surface area contributed by atoms with Gasteiger partial charge in [-0.1, -0.05) is 6.07 Å². The van der Waals surface area contributed by atoms with Crippen LogP contribution in [0.1, 0.15) is 30.1 Å². The van der Waals surface area contributed by atoms with E-state index in [2.05, 4.69) is 4.90 Å². The Hall–Kier alpha value is -1.42. The maximum absolute atomic E-state index is 13.6. The van der Waals surface area contributed by atoms with Crippen LogP contribution in [0.2, 0.25) is 0 Å². The minimum absolute atomic E-state index is 0.0780. The Morgan fingerprint density at radius 3 is 2.83 bits per heavy atom. The topological polar surface area (TPSA) is 29.5 Å². The van der Waals surface area contributed by atoms with Crippen LogP contribution in [0, 0.1) is 5.82 Å². The normalized spacial score (nSPS) is 14.9. The van der Waals surface area contributed by atoms with Crippen molar-refractivity contribution in [1.29, 1.82) is 0 Å². The Kier molecular flexibility index (Phi) is 3.97. The minimum Gasteiger partial charge on any atom is -0.488 e. The van der Waals surface area contributed by atoms with Crippen LogP contribution in [0.5, 0.6) is 5.75 Å². The molecular weight excluding hydrogens is 233 g/mol. The summed E-state index contributed by atoms with van der Waals surface area (Å²) in [4.78, 5) is 13.6. The van der Waals surface area contributed by atoms with Gasteiger partial charge in [-0.15, -0.1) is 0 Å². The summed E-state index contributed by atoms with van der Waals surface area (Å²) in [6.07, 6.45) is 2.46. The predicted molar refractivity (Wildman–Crippen MR) is 67.6 cm³/mol. The molecule has 1 saturated carbocycles. The highest BCUT2D eigenvalue weighted by Gasteiger charge is 2.25. The monoisotopic (exact) mass is 251 g/mol. The molecule has 1 fully saturated rings. The number of hydrogen-bond acceptors (Lipinski definition) is 3. The van der Waals surface area contributed by atoms with Gasteiger partial charge in [0.1, 0.15) is 6.61 Å². The second-order valence-corrected chi connectivity index (χ2v) is 4.73. The third-order valence-corrected chi connectivity index (χ3v) is 3.21. The molecule has 0 heterocycles. The fourth-order valence-electron chi connectivity index (χ4n) is 1.92. The Labute approximate surface area is 107 Å². The van der Waals surface area contributed by atoms with Gasteiger partial charge in [0.2, 0.25) is 0 Å². The molecule has 0 bridgehead atoms. The Balaban J connectivity index is 1.97. The standard InChI is InChI=1S/C14H18FNO2/c1-10(17)12-4-3-5-13(15)14(12)18-9-8-16(2)11-6-7-11/h3-5,11H,6-9H2,1-2H3. The molecule has 0 atom stereocenters. The number of halogens is 1. The van der Waals surface area contributed by atoms with Gasteiger partial charge < -0.3 is 9.64 Å². The summed E-state index contributed by atoms with van der Waals surface area (Å²) in [6, 6.07) is 5.08. The number of rotatable bonds is 6. The SMILES string of the molecule is CC(=O)c1cccc(F)c1OCCN(C)C1CC1. The Morgan fingerprint density at radius 1 is 1.50 bits per heavy atom. The number of hydrogen-bond donors (Lipinski definition) is 0. The van der Waals surface area contributed by atoms with Gasteiger partial charge in [-0.05, 0) is 38.9 Å². The lowest BCUT2D eigenvalue weighted by Gasteiger charge is -2.17. The van der Waals surface area contributed by atoms with E-state index in [1.54, 1.807) is 6.07 Å². The Bertz CT molecular complexity index is 443. The van der Waals surface area contributed by atoms with Crippen molar-refractivity contribution in [3.8, 4) is 5.75 Å². The summed E-state index contributed by atoms with van der Waals surface area (Å²) in [5.74, 6) is -0.578. The molecule has 4 heteroatoms. The second-order valence-electron chi connectivity index (χ2n) is 4.73. The van der Waals surface area contributed by atoms with Gasteiger partial charge in [0.15, 0.2) is 17.3 Å². The summed E-state index contributed by atoms with van der Waals surface area (Å²) in [6.45, 7) is 2.56. The highest BCUT2D eigenvalue weighted by molar-refractivity contribution is 5.96. The average molecular weight is 251 g/mol. The number of ketones is 1. The molecule has 1 aromatic rings. The van der Waals surface area contributed by atoms with E-state index in [1.165, 1.54) is 31.9 Å². The summed E-state index contributed by atoms with van der Waals surface area (Å²) >= 11 is 0. The van der Waals surface area contributed by atoms with Gasteiger partial charge in [-0.25, -0.2) is 4.39 Å². The zero-order valence-electron chi connectivity index (χ0n) is 10.8. The van der Waals surface area contributed by atoms with Crippen LogP contribution < -0.4 is 4.74 Å². The van der Waals surface area contributed by atoms with E-state index in [-0.39, 0.29) is 11.5 Å². The molecular formula is C14H18FNO2. The zero-order valence-corrected chi connectivity index (χ0v) is 10.8. The largest absolute Gasteiger partial charge is 0.488 e. The molecule has 0 aliphatic heterocycles. The number of nitrogens with zero attached hydrogens (tertiary/aromatic N) is 1. The summed E-state index contributed by atoms with van der Waals surface area (Å²) in [5, 5.41) is 0. The number of Topliss-reactive ketones (excluding diaryl/α,β-unsaturated/α-hetero) is 1. The van der Waals surface area contributed by atoms with Crippen LogP contribution in [-0.2, 0) is 0 Å². The van der Waals surface area contributed by atoms with Crippen molar-refractivity contribution >= 4 is 5.78 Å². The first-order chi connectivity index (χ1) is 8.59. The molecule has 98 valence electrons. The third kappa shape index (κ3) is 3.07. The van der Waals surface area contributed by atoms with Crippen LogP contribution in [0.15, 0.2) is 18.2 Å². The molecule has 0 N–H and O–H groups in total. The molecule has 1 aliphatic carbocycles. The van der Waals surface area contributed by atoms with E-state index in [1.807, 2.05) is 7.05 Å². The van der Waals surface area contributed by atoms with Crippen molar-refractivity contribution in [3.05, 3.63) is 29.6 Å². The first kappa shape index (κ1) is 13.0. The lowest BCUT2D eigenvalue weighted by atomic mass is 10.1. The smallest absolute Gasteiger partial charge is 0.165 e. The maximum atomic E-state index is 13.6. The van der Waals surface area contributed by atoms with Crippen LogP contribution >= 0.6 is 0 Å². The van der Waals surface area contributed by atoms with E-state index in [0.29, 0.717) is 18.2 Å². The highest BCUT2D eigenvalue weighted by atomic mass is 19.1. The molecule has 0 amide bonds. The quantitative estimate of drug-likeness (QED) is 0.727. The van der Waals surface area contributed by atoms with E-state index in [9.17, 15) is 9.18 Å². The van der Waals surface area contributed by atoms with Crippen LogP contribution in [0.25, 0.3) is 0 Å². The first-order valence-corrected chi connectivity index (χ1v) is 6.22. The Morgan fingerprint density at radius 2 is 2.22 bits per heavy atom. The molecule has 18 heavy (non-hydrogen) atoms. The minimum atomic E-state index is -0.475. The van der Waals surface area contributed by atoms with E-state index in [4.69, 9.17) is 4.74 Å². The molecule has 3 nitrogen and oxygen atoms in total. The van der Waals surface area contributed by atoms with Gasteiger partial charge in [0.05, 0.1) is 5.56 Å². The third-order valence-electron chi connectivity index (χ3n) is 3.21. The zero-order chi connectivity index (χ0) is 13.1. The lowest BCUT2D eigenvalue weighted by molar-refractivity contribution is 0.101. The van der Waals surface area contributed by atoms with Crippen molar-refractivity contribution < 1.29 is 13.9 Å². The van der Waals surface area contributed by atoms with Crippen molar-refractivity contribution in [2.45, 2.75) is 25.8 Å². The summed E-state index contributed by atoms with van der Waals surface area (Å²) < 4.78 is 19.1. The van der Waals surface area contributed by atoms with E-state index in [0.717, 1.165) is 6.54 Å². The predicted octanol–water partition coefficient (Wildman–Crippen LogP) is 2.50. The molecule has 0 aromatic heterocycles. The highest BCUT2D eigenvalue weighted by Crippen LogP contribution is 2.26. The van der Waals surface area contributed by atoms with Gasteiger partial charge in [0.25, 0.3) is 0 Å². The molecule has 0 unspecified atom stereocenters. The van der Waals surface area contributed by atoms with Crippen LogP contribution in [0.3, 0.4) is 0 Å². The average Bonchev–Trinajstić information content (AvgIpc) is 3.14. The number of carbonyl (C=O) groups excluding carboxylic acids is 1. The summed E-state index contributed by atoms with van der Waals surface area (Å²) in [7, 11) is 2.04. The number of carbonyl (C=O) groups is 1. The van der Waals surface area contributed by atoms with Crippen LogP contribution in [-0.4, -0.2) is 36.9 Å². The number of para-hydroxylation sites is 1. The maximum Gasteiger partial charge on any atom is 0.165 e. The second kappa shape index (κ2) is 5.48. The van der Waals surface area contributed by atoms with Crippen LogP contribution in [0.4, 0.5) is 4.39 Å².